The van der Waals surface area contributed by atoms with Gasteiger partial charge in [-0.15, -0.1) is 0 Å². The van der Waals surface area contributed by atoms with Crippen molar-refractivity contribution in [3.63, 3.8) is 0 Å². The first kappa shape index (κ1) is 68.9. The van der Waals surface area contributed by atoms with Crippen LogP contribution >= 0.6 is 23.2 Å². The molecule has 0 heterocycles. The van der Waals surface area contributed by atoms with Crippen molar-refractivity contribution < 1.29 is 27.0 Å². The minimum atomic E-state index is -4.65. The minimum Gasteiger partial charge on any atom is -0.744 e. The Bertz CT molecular complexity index is 2800. The lowest BCUT2D eigenvalue weighted by Gasteiger charge is -2.30. The second-order valence-corrected chi connectivity index (χ2v) is 25.9. The van der Waals surface area contributed by atoms with Crippen LogP contribution in [0.4, 0.5) is 11.4 Å². The Hall–Kier alpha value is -4.91. The summed E-state index contributed by atoms with van der Waals surface area (Å²) >= 11 is 13.1. The van der Waals surface area contributed by atoms with E-state index >= 15 is 0 Å². The van der Waals surface area contributed by atoms with Crippen molar-refractivity contribution in [3.8, 4) is 11.1 Å². The predicted molar refractivity (Wildman–Crippen MR) is 352 cm³/mol. The first-order valence-corrected chi connectivity index (χ1v) is 34.1. The van der Waals surface area contributed by atoms with Crippen molar-refractivity contribution in [2.75, 3.05) is 38.0 Å². The molecule has 6 rings (SSSR count). The zero-order chi connectivity index (χ0) is 59.6. The third-order valence-corrected chi connectivity index (χ3v) is 17.6. The summed E-state index contributed by atoms with van der Waals surface area (Å²) in [6.45, 7) is 7.39. The Morgan fingerprint density at radius 3 is 1.16 bits per heavy atom. The highest BCUT2D eigenvalue weighted by Gasteiger charge is 2.22. The number of nitrogens with one attached hydrogen (secondary N) is 2. The predicted octanol–water partition coefficient (Wildman–Crippen LogP) is 20.0. The molecule has 2 aliphatic carbocycles. The standard InChI is InChI=1S/C38H80N.C32H20Cl2N4O5S/c1-5-7-9-11-13-15-17-19-21-23-25-27-29-31-33-35-37-39(3,4)38-36-34-32-30-28-26-24-22-20-18-16-14-12-10-8-6-2;33-25-16-19(5-11-27(25)35-37-31-23-4-2-1-3-18(23)7-13-29(31)39)20-6-12-28(26(34)17-20)36-38-32-24-10-9-22(44(41,42)43)15-21(24)8-14-30(32)40/h5-38H2,1-4H3;1-17,35-36H,(H,41,42,43)/q+1;/p-1/b;37-31-,38-32-. The molecule has 0 fully saturated rings. The first-order chi connectivity index (χ1) is 40.2. The molecular weight excluding hydrogens is 1090 g/mol. The van der Waals surface area contributed by atoms with Crippen LogP contribution in [0.5, 0.6) is 0 Å². The Morgan fingerprint density at radius 2 is 0.783 bits per heavy atom. The molecule has 0 unspecified atom stereocenters. The number of fused-ring (bicyclic) bond motifs is 2. The average Bonchev–Trinajstić information content (AvgIpc) is 3.44. The Kier molecular flexibility index (Phi) is 32.3. The van der Waals surface area contributed by atoms with Crippen LogP contribution in [-0.2, 0) is 19.7 Å². The molecule has 4 aromatic rings. The van der Waals surface area contributed by atoms with Gasteiger partial charge in [0, 0.05) is 11.1 Å². The maximum absolute atomic E-state index is 12.5. The highest BCUT2D eigenvalue weighted by molar-refractivity contribution is 7.85. The number of benzene rings is 4. The zero-order valence-corrected chi connectivity index (χ0v) is 53.2. The molecule has 0 radical (unpaired) electrons. The van der Waals surface area contributed by atoms with Crippen molar-refractivity contribution in [1.29, 1.82) is 0 Å². The first-order valence-electron chi connectivity index (χ1n) is 31.9. The van der Waals surface area contributed by atoms with Gasteiger partial charge < -0.3 is 9.04 Å². The molecule has 0 bridgehead atoms. The van der Waals surface area contributed by atoms with E-state index in [9.17, 15) is 22.6 Å². The van der Waals surface area contributed by atoms with Gasteiger partial charge in [0.25, 0.3) is 0 Å². The van der Waals surface area contributed by atoms with Crippen molar-refractivity contribution in [2.45, 2.75) is 224 Å². The Labute approximate surface area is 510 Å². The lowest BCUT2D eigenvalue weighted by molar-refractivity contribution is -0.890. The highest BCUT2D eigenvalue weighted by Crippen LogP contribution is 2.34. The van der Waals surface area contributed by atoms with Gasteiger partial charge in [-0.2, -0.15) is 10.2 Å². The molecular formula is C70H99Cl2N5O5S. The minimum absolute atomic E-state index is 0.0328. The monoisotopic (exact) mass is 1190 g/mol. The summed E-state index contributed by atoms with van der Waals surface area (Å²) in [5.74, 6) is -0.618. The van der Waals surface area contributed by atoms with Crippen LogP contribution in [0.15, 0.2) is 106 Å². The van der Waals surface area contributed by atoms with E-state index in [0.717, 1.165) is 28.3 Å². The molecule has 0 atom stereocenters. The van der Waals surface area contributed by atoms with E-state index in [1.165, 1.54) is 253 Å². The number of carbonyl (C=O) groups excluding carboxylic acids is 2. The fraction of sp³-hybridized carbons (Fsp3) is 0.543. The number of quaternary nitrogens is 1. The van der Waals surface area contributed by atoms with Gasteiger partial charge in [0.05, 0.1) is 53.5 Å². The van der Waals surface area contributed by atoms with E-state index < -0.39 is 20.8 Å². The van der Waals surface area contributed by atoms with Crippen molar-refractivity contribution >= 4 is 79.8 Å². The highest BCUT2D eigenvalue weighted by atomic mass is 35.5. The molecule has 0 aliphatic heterocycles. The SMILES string of the molecule is CCCCCCCCCCCCCCCCCC[N+](C)(C)CCCCCCCCCCCCCCCCCC.O=C1C=Cc2ccccc2/C1=N/Nc1ccc(-c2ccc(N/N=C3\C(=O)C=Cc4cc(S(=O)(=O)[O-])ccc43)c(Cl)c2)cc1Cl. The smallest absolute Gasteiger partial charge is 0.206 e. The number of anilines is 2. The molecule has 83 heavy (non-hydrogen) atoms. The summed E-state index contributed by atoms with van der Waals surface area (Å²) < 4.78 is 35.4. The summed E-state index contributed by atoms with van der Waals surface area (Å²) in [4.78, 5) is 24.6. The number of allylic oxidation sites excluding steroid dienone is 2. The number of halogens is 2. The van der Waals surface area contributed by atoms with Crippen molar-refractivity contribution in [3.05, 3.63) is 123 Å². The fourth-order valence-corrected chi connectivity index (χ4v) is 11.9. The van der Waals surface area contributed by atoms with E-state index in [-0.39, 0.29) is 17.2 Å². The number of carbonyl (C=O) groups is 2. The molecule has 13 heteroatoms. The zero-order valence-electron chi connectivity index (χ0n) is 50.9. The summed E-state index contributed by atoms with van der Waals surface area (Å²) in [5.41, 5.74) is 10.8. The van der Waals surface area contributed by atoms with Crippen LogP contribution in [0.1, 0.15) is 242 Å². The van der Waals surface area contributed by atoms with Gasteiger partial charge in [-0.3, -0.25) is 20.4 Å². The maximum Gasteiger partial charge on any atom is 0.206 e. The number of unbranched alkanes of at least 4 members (excludes halogenated alkanes) is 30. The molecule has 10 nitrogen and oxygen atoms in total. The quantitative estimate of drug-likeness (QED) is 0.0196. The number of hydrogen-bond acceptors (Lipinski definition) is 9. The fourth-order valence-electron chi connectivity index (χ4n) is 11.0. The Morgan fingerprint density at radius 1 is 0.434 bits per heavy atom. The van der Waals surface area contributed by atoms with E-state index in [0.29, 0.717) is 32.5 Å². The van der Waals surface area contributed by atoms with Gasteiger partial charge in [0.2, 0.25) is 11.6 Å². The summed E-state index contributed by atoms with van der Waals surface area (Å²) in [6.07, 6.45) is 52.8. The summed E-state index contributed by atoms with van der Waals surface area (Å²) in [6, 6.07) is 21.6. The van der Waals surface area contributed by atoms with Crippen LogP contribution < -0.4 is 10.9 Å². The van der Waals surface area contributed by atoms with E-state index in [1.54, 1.807) is 36.4 Å². The lowest BCUT2D eigenvalue weighted by Crippen LogP contribution is -2.41. The molecule has 2 aliphatic rings. The molecule has 0 amide bonds. The third-order valence-electron chi connectivity index (χ3n) is 16.2. The average molecular weight is 1190 g/mol. The number of hydrogen-bond donors (Lipinski definition) is 2. The van der Waals surface area contributed by atoms with Gasteiger partial charge in [0.15, 0.2) is 0 Å². The summed E-state index contributed by atoms with van der Waals surface area (Å²) in [5, 5.41) is 9.23. The number of ketones is 2. The largest absolute Gasteiger partial charge is 0.744 e. The van der Waals surface area contributed by atoms with E-state index in [2.05, 4.69) is 49.0 Å². The molecule has 0 spiro atoms. The number of rotatable bonds is 40. The van der Waals surface area contributed by atoms with Crippen LogP contribution in [0.2, 0.25) is 10.0 Å². The van der Waals surface area contributed by atoms with Gasteiger partial charge in [-0.25, -0.2) is 8.42 Å². The normalized spacial score (nSPS) is 14.0. The van der Waals surface area contributed by atoms with Crippen molar-refractivity contribution in [2.24, 2.45) is 10.2 Å². The molecule has 0 saturated carbocycles. The summed E-state index contributed by atoms with van der Waals surface area (Å²) in [7, 11) is 0.284. The molecule has 0 aromatic heterocycles. The lowest BCUT2D eigenvalue weighted by atomic mass is 9.95. The maximum atomic E-state index is 12.5. The second-order valence-electron chi connectivity index (χ2n) is 23.7. The van der Waals surface area contributed by atoms with Crippen LogP contribution in [-0.4, -0.2) is 67.6 Å². The number of nitrogens with zero attached hydrogens (tertiary/aromatic N) is 3. The topological polar surface area (TPSA) is 140 Å². The second kappa shape index (κ2) is 38.9. The number of hydrazone groups is 2. The van der Waals surface area contributed by atoms with Gasteiger partial charge >= 0.3 is 0 Å². The molecule has 4 aromatic carbocycles. The van der Waals surface area contributed by atoms with Crippen molar-refractivity contribution in [1.82, 2.24) is 0 Å². The van der Waals surface area contributed by atoms with Crippen LogP contribution in [0.3, 0.4) is 0 Å². The third kappa shape index (κ3) is 26.1. The van der Waals surface area contributed by atoms with Crippen LogP contribution in [0.25, 0.3) is 23.3 Å². The van der Waals surface area contributed by atoms with Gasteiger partial charge in [0.1, 0.15) is 21.5 Å². The molecule has 0 saturated heterocycles. The van der Waals surface area contributed by atoms with Gasteiger partial charge in [-0.05, 0) is 96.5 Å². The van der Waals surface area contributed by atoms with E-state index in [1.807, 2.05) is 30.3 Å². The van der Waals surface area contributed by atoms with Crippen LogP contribution in [0, 0.1) is 0 Å². The van der Waals surface area contributed by atoms with Gasteiger partial charge in [-0.1, -0.05) is 271 Å². The van der Waals surface area contributed by atoms with E-state index in [4.69, 9.17) is 23.2 Å². The molecule has 2 N–H and O–H groups in total. The molecule has 454 valence electrons. The Balaban J connectivity index is 0.000000307.